The fraction of sp³-hybridized carbons (Fsp3) is 0.143. The second kappa shape index (κ2) is 3.71. The van der Waals surface area contributed by atoms with Crippen LogP contribution in [0.3, 0.4) is 0 Å². The molecule has 0 aliphatic heterocycles. The Morgan fingerprint density at radius 3 is 2.77 bits per heavy atom. The average molecular weight is 217 g/mol. The molecule has 0 amide bonds. The van der Waals surface area contributed by atoms with Crippen LogP contribution in [-0.4, -0.2) is 20.7 Å². The van der Waals surface area contributed by atoms with Crippen molar-refractivity contribution in [2.75, 3.05) is 0 Å². The van der Waals surface area contributed by atoms with Crippen molar-refractivity contribution in [2.45, 2.75) is 6.92 Å². The summed E-state index contributed by atoms with van der Waals surface area (Å²) < 4.78 is 1.67. The molecule has 4 nitrogen and oxygen atoms in total. The Balaban J connectivity index is 3.17. The Hall–Kier alpha value is -1.14. The summed E-state index contributed by atoms with van der Waals surface area (Å²) in [4.78, 5) is 10.5. The van der Waals surface area contributed by atoms with Crippen molar-refractivity contribution in [1.29, 1.82) is 0 Å². The minimum Gasteiger partial charge on any atom is -0.494 e. The van der Waals surface area contributed by atoms with E-state index in [2.05, 4.69) is 0 Å². The van der Waals surface area contributed by atoms with Crippen molar-refractivity contribution in [1.82, 2.24) is 4.57 Å². The molecule has 6 heteroatoms. The molecule has 1 aromatic rings. The van der Waals surface area contributed by atoms with Gasteiger partial charge in [0.15, 0.2) is 3.95 Å². The molecule has 0 radical (unpaired) electrons. The van der Waals surface area contributed by atoms with Crippen LogP contribution in [0.25, 0.3) is 6.20 Å². The summed E-state index contributed by atoms with van der Waals surface area (Å²) in [5, 5.41) is 19.3. The normalized spacial score (nSPS) is 11.6. The maximum Gasteiger partial charge on any atom is 0.332 e. The monoisotopic (exact) mass is 217 g/mol. The van der Waals surface area contributed by atoms with E-state index in [1.54, 1.807) is 0 Å². The van der Waals surface area contributed by atoms with Crippen molar-refractivity contribution >= 4 is 35.7 Å². The van der Waals surface area contributed by atoms with E-state index in [9.17, 15) is 9.90 Å². The first-order valence-electron chi connectivity index (χ1n) is 3.33. The highest BCUT2D eigenvalue weighted by Crippen LogP contribution is 2.18. The van der Waals surface area contributed by atoms with Crippen molar-refractivity contribution in [2.24, 2.45) is 0 Å². The van der Waals surface area contributed by atoms with E-state index in [1.807, 2.05) is 0 Å². The number of aromatic nitrogens is 1. The predicted molar refractivity (Wildman–Crippen MR) is 52.4 cm³/mol. The lowest BCUT2D eigenvalue weighted by Gasteiger charge is -1.97. The molecular formula is C7H7NO3S2. The zero-order valence-corrected chi connectivity index (χ0v) is 8.35. The van der Waals surface area contributed by atoms with Crippen LogP contribution in [0.4, 0.5) is 0 Å². The first kappa shape index (κ1) is 9.94. The lowest BCUT2D eigenvalue weighted by molar-refractivity contribution is -0.132. The molecule has 0 unspecified atom stereocenters. The number of nitrogens with zero attached hydrogens (tertiary/aromatic N) is 1. The summed E-state index contributed by atoms with van der Waals surface area (Å²) in [6, 6.07) is 0. The molecule has 0 aliphatic rings. The van der Waals surface area contributed by atoms with Gasteiger partial charge in [0.1, 0.15) is 0 Å². The van der Waals surface area contributed by atoms with Gasteiger partial charge >= 0.3 is 5.97 Å². The number of carboxylic acid groups (broad SMARTS) is 1. The molecule has 0 saturated heterocycles. The van der Waals surface area contributed by atoms with Gasteiger partial charge in [-0.25, -0.2) is 4.79 Å². The van der Waals surface area contributed by atoms with E-state index >= 15 is 0 Å². The van der Waals surface area contributed by atoms with Gasteiger partial charge in [-0.2, -0.15) is 0 Å². The number of rotatable bonds is 2. The Bertz CT molecular complexity index is 416. The van der Waals surface area contributed by atoms with Crippen LogP contribution in [0, 0.1) is 3.95 Å². The van der Waals surface area contributed by atoms with Crippen LogP contribution < -0.4 is 0 Å². The highest BCUT2D eigenvalue weighted by Gasteiger charge is 2.03. The molecule has 0 aliphatic carbocycles. The van der Waals surface area contributed by atoms with Gasteiger partial charge in [-0.05, 0) is 19.1 Å². The second-order valence-corrected chi connectivity index (χ2v) is 3.85. The zero-order chi connectivity index (χ0) is 10.0. The Labute approximate surface area is 83.4 Å². The highest BCUT2D eigenvalue weighted by molar-refractivity contribution is 7.73. The predicted octanol–water partition coefficient (Wildman–Crippen LogP) is 1.93. The summed E-state index contributed by atoms with van der Waals surface area (Å²) >= 11 is 6.04. The van der Waals surface area contributed by atoms with E-state index in [4.69, 9.17) is 17.3 Å². The van der Waals surface area contributed by atoms with Gasteiger partial charge < -0.3 is 10.2 Å². The molecule has 1 aromatic heterocycles. The smallest absolute Gasteiger partial charge is 0.332 e. The van der Waals surface area contributed by atoms with Crippen molar-refractivity contribution in [3.8, 4) is 5.88 Å². The second-order valence-electron chi connectivity index (χ2n) is 2.35. The summed E-state index contributed by atoms with van der Waals surface area (Å²) in [5.74, 6) is -1.08. The lowest BCUT2D eigenvalue weighted by Crippen LogP contribution is -1.98. The summed E-state index contributed by atoms with van der Waals surface area (Å²) in [5.41, 5.74) is 0.116. The SMILES string of the molecule is CC(=Cn1c(O)csc1=S)C(=O)O. The van der Waals surface area contributed by atoms with Gasteiger partial charge in [0.2, 0.25) is 5.88 Å². The van der Waals surface area contributed by atoms with Crippen molar-refractivity contribution in [3.05, 3.63) is 14.9 Å². The maximum atomic E-state index is 10.5. The molecule has 70 valence electrons. The van der Waals surface area contributed by atoms with Crippen LogP contribution in [-0.2, 0) is 4.79 Å². The maximum absolute atomic E-state index is 10.5. The first-order valence-corrected chi connectivity index (χ1v) is 4.62. The topological polar surface area (TPSA) is 62.5 Å². The molecule has 13 heavy (non-hydrogen) atoms. The molecule has 1 rings (SSSR count). The fourth-order valence-electron chi connectivity index (χ4n) is 0.678. The number of carboxylic acids is 1. The van der Waals surface area contributed by atoms with Crippen LogP contribution in [0.15, 0.2) is 11.0 Å². The van der Waals surface area contributed by atoms with Gasteiger partial charge in [0, 0.05) is 6.20 Å². The van der Waals surface area contributed by atoms with Crippen molar-refractivity contribution < 1.29 is 15.0 Å². The molecule has 0 spiro atoms. The molecule has 0 fully saturated rings. The molecule has 1 heterocycles. The van der Waals surface area contributed by atoms with Gasteiger partial charge in [0.25, 0.3) is 0 Å². The van der Waals surface area contributed by atoms with Gasteiger partial charge in [-0.3, -0.25) is 4.57 Å². The number of hydrogen-bond donors (Lipinski definition) is 2. The summed E-state index contributed by atoms with van der Waals surface area (Å²) in [7, 11) is 0. The fourth-order valence-corrected chi connectivity index (χ4v) is 1.55. The molecule has 0 bridgehead atoms. The standard InChI is InChI=1S/C7H7NO3S2/c1-4(6(10)11)2-8-5(9)3-13-7(8)12/h2-3,9H,1H3,(H,10,11). The van der Waals surface area contributed by atoms with E-state index in [0.29, 0.717) is 3.95 Å². The minimum absolute atomic E-state index is 0.0457. The third kappa shape index (κ3) is 2.16. The van der Waals surface area contributed by atoms with E-state index < -0.39 is 5.97 Å². The van der Waals surface area contributed by atoms with Crippen LogP contribution in [0.5, 0.6) is 5.88 Å². The number of aliphatic carboxylic acids is 1. The first-order chi connectivity index (χ1) is 6.02. The third-order valence-corrected chi connectivity index (χ3v) is 2.58. The largest absolute Gasteiger partial charge is 0.494 e. The Morgan fingerprint density at radius 2 is 2.38 bits per heavy atom. The van der Waals surface area contributed by atoms with E-state index in [-0.39, 0.29) is 11.5 Å². The van der Waals surface area contributed by atoms with E-state index in [1.165, 1.54) is 34.4 Å². The van der Waals surface area contributed by atoms with Crippen LogP contribution >= 0.6 is 23.6 Å². The van der Waals surface area contributed by atoms with Crippen molar-refractivity contribution in [3.63, 3.8) is 0 Å². The number of carbonyl (C=O) groups is 1. The number of thiazole rings is 1. The molecule has 0 aromatic carbocycles. The van der Waals surface area contributed by atoms with Gasteiger partial charge in [-0.1, -0.05) is 0 Å². The average Bonchev–Trinajstić information content (AvgIpc) is 2.35. The lowest BCUT2D eigenvalue weighted by atomic mass is 10.3. The number of hydrogen-bond acceptors (Lipinski definition) is 4. The highest BCUT2D eigenvalue weighted by atomic mass is 32.1. The third-order valence-electron chi connectivity index (χ3n) is 1.37. The number of aromatic hydroxyl groups is 1. The quantitative estimate of drug-likeness (QED) is 0.587. The molecule has 2 N–H and O–H groups in total. The van der Waals surface area contributed by atoms with Crippen LogP contribution in [0.1, 0.15) is 6.92 Å². The Kier molecular flexibility index (Phi) is 2.84. The molecule has 0 saturated carbocycles. The summed E-state index contributed by atoms with van der Waals surface area (Å²) in [6.07, 6.45) is 1.29. The van der Waals surface area contributed by atoms with Crippen LogP contribution in [0.2, 0.25) is 0 Å². The Morgan fingerprint density at radius 1 is 1.77 bits per heavy atom. The molecular weight excluding hydrogens is 210 g/mol. The van der Waals surface area contributed by atoms with Gasteiger partial charge in [0.05, 0.1) is 11.0 Å². The van der Waals surface area contributed by atoms with Gasteiger partial charge in [-0.15, -0.1) is 11.3 Å². The minimum atomic E-state index is -1.03. The zero-order valence-electron chi connectivity index (χ0n) is 6.72. The molecule has 0 atom stereocenters. The summed E-state index contributed by atoms with van der Waals surface area (Å²) in [6.45, 7) is 1.43. The van der Waals surface area contributed by atoms with E-state index in [0.717, 1.165) is 0 Å².